The van der Waals surface area contributed by atoms with Crippen molar-refractivity contribution in [2.75, 3.05) is 0 Å². The first-order valence-electron chi connectivity index (χ1n) is 17.9. The van der Waals surface area contributed by atoms with Gasteiger partial charge in [-0.1, -0.05) is 117 Å². The molecule has 0 saturated heterocycles. The number of pyridine rings is 1. The van der Waals surface area contributed by atoms with Gasteiger partial charge in [0.1, 0.15) is 5.82 Å². The van der Waals surface area contributed by atoms with E-state index in [2.05, 4.69) is 170 Å². The zero-order valence-corrected chi connectivity index (χ0v) is 32.9. The topological polar surface area (TPSA) is 90.2 Å². The van der Waals surface area contributed by atoms with Crippen LogP contribution in [0, 0.1) is 0 Å². The van der Waals surface area contributed by atoms with E-state index < -0.39 is 0 Å². The lowest BCUT2D eigenvalue weighted by Crippen LogP contribution is -1.99. The molecular weight excluding hydrogens is 591 g/mol. The van der Waals surface area contributed by atoms with Gasteiger partial charge in [0, 0.05) is 42.6 Å². The monoisotopic (exact) mass is 656 g/mol. The molecule has 0 fully saturated rings. The van der Waals surface area contributed by atoms with Crippen molar-refractivity contribution in [3.8, 4) is 0 Å². The smallest absolute Gasteiger partial charge is 0.130 e. The van der Waals surface area contributed by atoms with Gasteiger partial charge >= 0.3 is 0 Å². The molecule has 0 amide bonds. The summed E-state index contributed by atoms with van der Waals surface area (Å²) in [5.74, 6) is 4.87. The number of aromatic nitrogens is 7. The van der Waals surface area contributed by atoms with Gasteiger partial charge in [-0.2, -0.15) is 10.2 Å². The fourth-order valence-corrected chi connectivity index (χ4v) is 3.96. The Balaban J connectivity index is 0.000000320. The summed E-state index contributed by atoms with van der Waals surface area (Å²) in [4.78, 5) is 21.7. The molecule has 0 aliphatic carbocycles. The second-order valence-electron chi connectivity index (χ2n) is 14.9. The molecule has 264 valence electrons. The van der Waals surface area contributed by atoms with Crippen LogP contribution in [0.2, 0.25) is 0 Å². The van der Waals surface area contributed by atoms with Crippen LogP contribution in [-0.4, -0.2) is 35.1 Å². The third-order valence-electron chi connectivity index (χ3n) is 7.71. The fourth-order valence-electron chi connectivity index (χ4n) is 3.96. The molecule has 4 rings (SSSR count). The van der Waals surface area contributed by atoms with E-state index in [0.29, 0.717) is 47.3 Å². The molecule has 0 unspecified atom stereocenters. The van der Waals surface area contributed by atoms with Gasteiger partial charge in [0.25, 0.3) is 0 Å². The van der Waals surface area contributed by atoms with Gasteiger partial charge in [-0.05, 0) is 70.8 Å². The molecule has 4 aromatic rings. The molecule has 0 aliphatic rings. The average Bonchev–Trinajstić information content (AvgIpc) is 3.05. The molecule has 0 aliphatic heterocycles. The summed E-state index contributed by atoms with van der Waals surface area (Å²) in [6, 6.07) is 8.42. The zero-order chi connectivity index (χ0) is 36.6. The lowest BCUT2D eigenvalue weighted by molar-refractivity contribution is 0.733. The van der Waals surface area contributed by atoms with Gasteiger partial charge < -0.3 is 0 Å². The van der Waals surface area contributed by atoms with E-state index in [9.17, 15) is 0 Å². The van der Waals surface area contributed by atoms with Crippen molar-refractivity contribution >= 4 is 0 Å². The van der Waals surface area contributed by atoms with E-state index in [0.717, 1.165) is 28.6 Å². The third-order valence-corrected chi connectivity index (χ3v) is 7.71. The van der Waals surface area contributed by atoms with E-state index in [1.165, 1.54) is 16.8 Å². The van der Waals surface area contributed by atoms with Crippen LogP contribution in [-0.2, 0) is 0 Å². The van der Waals surface area contributed by atoms with Crippen LogP contribution < -0.4 is 0 Å². The molecule has 0 atom stereocenters. The zero-order valence-electron chi connectivity index (χ0n) is 32.9. The highest BCUT2D eigenvalue weighted by molar-refractivity contribution is 5.18. The van der Waals surface area contributed by atoms with Crippen molar-refractivity contribution in [3.05, 3.63) is 101 Å². The summed E-state index contributed by atoms with van der Waals surface area (Å²) in [6.45, 7) is 34.2. The van der Waals surface area contributed by atoms with Gasteiger partial charge in [0.15, 0.2) is 0 Å². The van der Waals surface area contributed by atoms with Crippen LogP contribution in [0.15, 0.2) is 55.2 Å². The number of hydrogen-bond donors (Lipinski definition) is 0. The minimum atomic E-state index is 0.422. The minimum Gasteiger partial charge on any atom is -0.261 e. The molecule has 4 aromatic heterocycles. The van der Waals surface area contributed by atoms with Crippen molar-refractivity contribution in [2.24, 2.45) is 0 Å². The Morgan fingerprint density at radius 1 is 0.292 bits per heavy atom. The molecular formula is C41H65N7. The summed E-state index contributed by atoms with van der Waals surface area (Å²) in [6.07, 6.45) is 9.58. The second-order valence-corrected chi connectivity index (χ2v) is 14.9. The Kier molecular flexibility index (Phi) is 18.9. The molecule has 0 radical (unpaired) electrons. The quantitative estimate of drug-likeness (QED) is 0.186. The van der Waals surface area contributed by atoms with Crippen molar-refractivity contribution in [2.45, 2.75) is 158 Å². The normalized spacial score (nSPS) is 11.2. The number of rotatable bonds is 8. The maximum Gasteiger partial charge on any atom is 0.130 e. The number of nitrogens with zero attached hydrogens (tertiary/aromatic N) is 7. The largest absolute Gasteiger partial charge is 0.261 e. The highest BCUT2D eigenvalue weighted by Crippen LogP contribution is 2.17. The maximum absolute atomic E-state index is 4.40. The van der Waals surface area contributed by atoms with Crippen molar-refractivity contribution in [1.82, 2.24) is 35.1 Å². The van der Waals surface area contributed by atoms with E-state index in [1.54, 1.807) is 0 Å². The van der Waals surface area contributed by atoms with Crippen LogP contribution in [0.5, 0.6) is 0 Å². The highest BCUT2D eigenvalue weighted by Gasteiger charge is 2.06. The molecule has 0 saturated carbocycles. The van der Waals surface area contributed by atoms with Crippen molar-refractivity contribution in [3.63, 3.8) is 0 Å². The predicted octanol–water partition coefficient (Wildman–Crippen LogP) is 11.5. The van der Waals surface area contributed by atoms with E-state index >= 15 is 0 Å². The summed E-state index contributed by atoms with van der Waals surface area (Å²) < 4.78 is 0. The van der Waals surface area contributed by atoms with Gasteiger partial charge in [-0.3, -0.25) is 15.0 Å². The third kappa shape index (κ3) is 15.5. The second kappa shape index (κ2) is 21.4. The van der Waals surface area contributed by atoms with Gasteiger partial charge in [0.2, 0.25) is 0 Å². The van der Waals surface area contributed by atoms with Crippen LogP contribution in [0.3, 0.4) is 0 Å². The standard InChI is InChI=1S/C11H17N.3C10H16N2/c1-8(2)10-5-6-11(9(3)4)12-7-10;1-7(2)9-5-12-10(6-11-9)8(3)4;1-7(2)9-5-11-10(8(3)4)12-6-9;1-7(2)9-5-6-10(8(3)4)12-11-9/h5-9H,1-4H3;3*5-8H,1-4H3. The molecule has 0 aromatic carbocycles. The molecule has 0 bridgehead atoms. The Labute approximate surface area is 293 Å². The van der Waals surface area contributed by atoms with Crippen LogP contribution in [0.1, 0.15) is 204 Å². The van der Waals surface area contributed by atoms with E-state index in [1.807, 2.05) is 31.0 Å². The SMILES string of the molecule is CC(C)c1ccc(C(C)C)nc1.CC(C)c1ccc(C(C)C)nn1.CC(C)c1cnc(C(C)C)cn1.CC(C)c1cnc(C(C)C)nc1. The average molecular weight is 656 g/mol. The molecule has 0 spiro atoms. The molecule has 4 heterocycles. The van der Waals surface area contributed by atoms with Gasteiger partial charge in [-0.15, -0.1) is 0 Å². The molecule has 7 heteroatoms. The lowest BCUT2D eigenvalue weighted by Gasteiger charge is -2.07. The molecule has 48 heavy (non-hydrogen) atoms. The lowest BCUT2D eigenvalue weighted by atomic mass is 10.0. The molecule has 0 N–H and O–H groups in total. The summed E-state index contributed by atoms with van der Waals surface area (Å²) in [7, 11) is 0. The Morgan fingerprint density at radius 2 is 0.625 bits per heavy atom. The Bertz CT molecular complexity index is 1060. The maximum atomic E-state index is 4.40. The molecule has 7 nitrogen and oxygen atoms in total. The van der Waals surface area contributed by atoms with Crippen LogP contribution in [0.25, 0.3) is 0 Å². The summed E-state index contributed by atoms with van der Waals surface area (Å²) in [5, 5.41) is 8.30. The first-order valence-corrected chi connectivity index (χ1v) is 17.9. The number of hydrogen-bond acceptors (Lipinski definition) is 7. The summed E-state index contributed by atoms with van der Waals surface area (Å²) >= 11 is 0. The minimum absolute atomic E-state index is 0.422. The van der Waals surface area contributed by atoms with E-state index in [4.69, 9.17) is 0 Å². The van der Waals surface area contributed by atoms with Crippen molar-refractivity contribution < 1.29 is 0 Å². The fraction of sp³-hybridized carbons (Fsp3) is 0.585. The van der Waals surface area contributed by atoms with Crippen LogP contribution >= 0.6 is 0 Å². The van der Waals surface area contributed by atoms with E-state index in [-0.39, 0.29) is 0 Å². The first kappa shape index (κ1) is 42.4. The highest BCUT2D eigenvalue weighted by atomic mass is 15.1. The van der Waals surface area contributed by atoms with Gasteiger partial charge in [0.05, 0.1) is 22.8 Å². The predicted molar refractivity (Wildman–Crippen MR) is 203 cm³/mol. The first-order chi connectivity index (χ1) is 22.4. The summed E-state index contributed by atoms with van der Waals surface area (Å²) in [5.41, 5.74) is 7.98. The Hall–Kier alpha value is -3.61. The Morgan fingerprint density at radius 3 is 0.875 bits per heavy atom. The van der Waals surface area contributed by atoms with Gasteiger partial charge in [-0.25, -0.2) is 9.97 Å². The van der Waals surface area contributed by atoms with Crippen molar-refractivity contribution in [1.29, 1.82) is 0 Å². The van der Waals surface area contributed by atoms with Crippen LogP contribution in [0.4, 0.5) is 0 Å².